The lowest BCUT2D eigenvalue weighted by molar-refractivity contribution is -0.616. The first-order valence-corrected chi connectivity index (χ1v) is 6.32. The lowest BCUT2D eigenvalue weighted by Gasteiger charge is -2.47. The van der Waals surface area contributed by atoms with Gasteiger partial charge in [0, 0.05) is 34.5 Å². The van der Waals surface area contributed by atoms with Crippen LogP contribution in [0.15, 0.2) is 0 Å². The first-order valence-electron chi connectivity index (χ1n) is 6.32. The second-order valence-electron chi connectivity index (χ2n) is 6.42. The highest BCUT2D eigenvalue weighted by Gasteiger charge is 2.93. The van der Waals surface area contributed by atoms with Gasteiger partial charge in [-0.1, -0.05) is 0 Å². The first kappa shape index (κ1) is 8.78. The highest BCUT2D eigenvalue weighted by molar-refractivity contribution is 5.98. The van der Waals surface area contributed by atoms with Crippen molar-refractivity contribution < 1.29 is 14.5 Å². The molecule has 88 valence electrons. The molecule has 5 aliphatic carbocycles. The maximum Gasteiger partial charge on any atom is 0.239 e. The fourth-order valence-electron chi connectivity index (χ4n) is 6.40. The van der Waals surface area contributed by atoms with Crippen LogP contribution in [0.2, 0.25) is 0 Å². The quantitative estimate of drug-likeness (QED) is 0.482. The van der Waals surface area contributed by atoms with E-state index >= 15 is 0 Å². The Morgan fingerprint density at radius 2 is 1.71 bits per heavy atom. The Bertz CT molecular complexity index is 517. The van der Waals surface area contributed by atoms with E-state index in [1.54, 1.807) is 0 Å². The molecular formula is C12H11NO4. The van der Waals surface area contributed by atoms with Crippen molar-refractivity contribution in [2.45, 2.75) is 18.4 Å². The zero-order chi connectivity index (χ0) is 11.7. The second kappa shape index (κ2) is 2.06. The number of nitro groups is 1. The summed E-state index contributed by atoms with van der Waals surface area (Å²) in [6.45, 7) is 0. The van der Waals surface area contributed by atoms with Crippen molar-refractivity contribution in [1.82, 2.24) is 0 Å². The van der Waals surface area contributed by atoms with Crippen LogP contribution >= 0.6 is 0 Å². The smallest absolute Gasteiger partial charge is 0.239 e. The predicted octanol–water partition coefficient (Wildman–Crippen LogP) is 0.302. The topological polar surface area (TPSA) is 77.3 Å². The molecule has 5 saturated carbocycles. The molecule has 0 amide bonds. The van der Waals surface area contributed by atoms with Crippen molar-refractivity contribution in [1.29, 1.82) is 0 Å². The Morgan fingerprint density at radius 3 is 2.35 bits per heavy atom. The highest BCUT2D eigenvalue weighted by Crippen LogP contribution is 2.80. The molecule has 0 aromatic rings. The van der Waals surface area contributed by atoms with Gasteiger partial charge in [-0.15, -0.1) is 0 Å². The maximum absolute atomic E-state index is 12.2. The molecule has 5 aliphatic rings. The summed E-state index contributed by atoms with van der Waals surface area (Å²) in [4.78, 5) is 35.8. The van der Waals surface area contributed by atoms with Gasteiger partial charge in [0.2, 0.25) is 5.54 Å². The predicted molar refractivity (Wildman–Crippen MR) is 53.4 cm³/mol. The Morgan fingerprint density at radius 1 is 1.06 bits per heavy atom. The van der Waals surface area contributed by atoms with E-state index in [4.69, 9.17) is 0 Å². The minimum absolute atomic E-state index is 0.0155. The number of carbonyl (C=O) groups is 2. The average Bonchev–Trinajstić information content (AvgIpc) is 2.83. The van der Waals surface area contributed by atoms with Gasteiger partial charge in [0.15, 0.2) is 0 Å². The van der Waals surface area contributed by atoms with Crippen LogP contribution in [0, 0.1) is 51.5 Å². The summed E-state index contributed by atoms with van der Waals surface area (Å²) in [6, 6.07) is 0. The minimum atomic E-state index is -1.02. The summed E-state index contributed by atoms with van der Waals surface area (Å²) in [5, 5.41) is 11.5. The van der Waals surface area contributed by atoms with Gasteiger partial charge >= 0.3 is 0 Å². The molecule has 0 spiro atoms. The molecule has 0 saturated heterocycles. The Balaban J connectivity index is 1.84. The van der Waals surface area contributed by atoms with Gasteiger partial charge in [-0.2, -0.15) is 0 Å². The van der Waals surface area contributed by atoms with Crippen molar-refractivity contribution in [2.24, 2.45) is 41.4 Å². The number of ketones is 2. The van der Waals surface area contributed by atoms with Gasteiger partial charge in [-0.25, -0.2) is 0 Å². The summed E-state index contributed by atoms with van der Waals surface area (Å²) >= 11 is 0. The van der Waals surface area contributed by atoms with Crippen LogP contribution < -0.4 is 0 Å². The van der Waals surface area contributed by atoms with Crippen molar-refractivity contribution in [3.05, 3.63) is 10.1 Å². The fourth-order valence-corrected chi connectivity index (χ4v) is 6.40. The molecule has 5 heteroatoms. The normalized spacial score (nSPS) is 64.4. The zero-order valence-electron chi connectivity index (χ0n) is 9.04. The maximum atomic E-state index is 12.2. The van der Waals surface area contributed by atoms with Crippen molar-refractivity contribution >= 4 is 11.6 Å². The summed E-state index contributed by atoms with van der Waals surface area (Å²) in [6.07, 6.45) is 1.09. The third kappa shape index (κ3) is 0.537. The lowest BCUT2D eigenvalue weighted by atomic mass is 9.54. The molecule has 0 unspecified atom stereocenters. The minimum Gasteiger partial charge on any atom is -0.299 e. The first-order chi connectivity index (χ1) is 8.10. The van der Waals surface area contributed by atoms with E-state index < -0.39 is 11.5 Å². The number of carbonyl (C=O) groups excluding carboxylic acids is 2. The largest absolute Gasteiger partial charge is 0.299 e. The molecule has 8 atom stereocenters. The molecule has 0 bridgehead atoms. The Hall–Kier alpha value is -1.26. The zero-order valence-corrected chi connectivity index (χ0v) is 9.04. The molecule has 5 nitrogen and oxygen atoms in total. The summed E-state index contributed by atoms with van der Waals surface area (Å²) in [5.41, 5.74) is -1.02. The average molecular weight is 233 g/mol. The molecule has 0 aliphatic heterocycles. The fraction of sp³-hybridized carbons (Fsp3) is 0.833. The third-order valence-corrected chi connectivity index (χ3v) is 6.54. The highest BCUT2D eigenvalue weighted by atomic mass is 16.6. The van der Waals surface area contributed by atoms with Crippen LogP contribution in [0.4, 0.5) is 0 Å². The monoisotopic (exact) mass is 233 g/mol. The molecule has 0 aromatic heterocycles. The molecule has 0 radical (unpaired) electrons. The van der Waals surface area contributed by atoms with Gasteiger partial charge in [0.25, 0.3) is 0 Å². The van der Waals surface area contributed by atoms with Crippen LogP contribution in [-0.2, 0) is 9.59 Å². The van der Waals surface area contributed by atoms with Crippen LogP contribution in [0.25, 0.3) is 0 Å². The van der Waals surface area contributed by atoms with Gasteiger partial charge in [0.1, 0.15) is 11.6 Å². The van der Waals surface area contributed by atoms with Crippen LogP contribution in [0.5, 0.6) is 0 Å². The summed E-state index contributed by atoms with van der Waals surface area (Å²) in [5.74, 6) is -0.448. The SMILES string of the molecule is O=C1[C@H]2C[C@H]3C(=O)[C@H]4C[C@@H]1[C@H]1[C@@H]2[C@@H]3[C@]14[N+](=O)[O-]. The standard InChI is InChI=1S/C12H11NO4/c14-10-3-1-4-8-7(3)9-5(10)2-6(11(4)15)12(8,9)13(16)17/h3-9H,1-2H2/t3-,4+,5+,6+,7-,8+,9-,12-/m0/s1. The van der Waals surface area contributed by atoms with Crippen molar-refractivity contribution in [3.63, 3.8) is 0 Å². The van der Waals surface area contributed by atoms with Crippen molar-refractivity contribution in [2.75, 3.05) is 0 Å². The van der Waals surface area contributed by atoms with Gasteiger partial charge in [-0.3, -0.25) is 19.7 Å². The number of hydrogen-bond acceptors (Lipinski definition) is 4. The molecule has 17 heavy (non-hydrogen) atoms. The van der Waals surface area contributed by atoms with Gasteiger partial charge in [-0.05, 0) is 18.8 Å². The summed E-state index contributed by atoms with van der Waals surface area (Å²) < 4.78 is 0. The molecule has 0 aromatic carbocycles. The van der Waals surface area contributed by atoms with E-state index in [0.29, 0.717) is 12.8 Å². The number of nitrogens with zero attached hydrogens (tertiary/aromatic N) is 1. The van der Waals surface area contributed by atoms with E-state index in [9.17, 15) is 19.7 Å². The molecule has 0 N–H and O–H groups in total. The molecule has 0 heterocycles. The van der Waals surface area contributed by atoms with Gasteiger partial charge < -0.3 is 0 Å². The Kier molecular flexibility index (Phi) is 1.06. The summed E-state index contributed by atoms with van der Waals surface area (Å²) in [7, 11) is 0. The van der Waals surface area contributed by atoms with E-state index in [-0.39, 0.29) is 52.0 Å². The van der Waals surface area contributed by atoms with E-state index in [1.807, 2.05) is 0 Å². The number of Topliss-reactive ketones (excluding diaryl/α,β-unsaturated/α-hetero) is 2. The van der Waals surface area contributed by atoms with E-state index in [2.05, 4.69) is 0 Å². The van der Waals surface area contributed by atoms with Crippen LogP contribution in [0.3, 0.4) is 0 Å². The third-order valence-electron chi connectivity index (χ3n) is 6.54. The van der Waals surface area contributed by atoms with Crippen LogP contribution in [0.1, 0.15) is 12.8 Å². The second-order valence-corrected chi connectivity index (χ2v) is 6.42. The molecule has 5 rings (SSSR count). The number of rotatable bonds is 1. The van der Waals surface area contributed by atoms with Gasteiger partial charge in [0.05, 0.1) is 5.92 Å². The van der Waals surface area contributed by atoms with E-state index in [0.717, 1.165) is 0 Å². The Labute approximate surface area is 96.7 Å². The lowest BCUT2D eigenvalue weighted by Crippen LogP contribution is -2.64. The number of hydrogen-bond donors (Lipinski definition) is 0. The molecular weight excluding hydrogens is 222 g/mol. The molecule has 5 fully saturated rings. The van der Waals surface area contributed by atoms with Crippen molar-refractivity contribution in [3.8, 4) is 0 Å². The van der Waals surface area contributed by atoms with E-state index in [1.165, 1.54) is 0 Å². The van der Waals surface area contributed by atoms with Crippen LogP contribution in [-0.4, -0.2) is 22.0 Å².